The van der Waals surface area contributed by atoms with Crippen LogP contribution >= 0.6 is 61.3 Å². The summed E-state index contributed by atoms with van der Waals surface area (Å²) < 4.78 is 20.5. The van der Waals surface area contributed by atoms with Gasteiger partial charge in [-0.15, -0.1) is 45.3 Å². The van der Waals surface area contributed by atoms with Crippen LogP contribution in [0.5, 0.6) is 0 Å². The molecule has 8 aromatic heterocycles. The zero-order valence-electron chi connectivity index (χ0n) is 58.6. The zero-order chi connectivity index (χ0) is 72.8. The Kier molecular flexibility index (Phi) is 27.1. The van der Waals surface area contributed by atoms with E-state index in [0.717, 1.165) is 141 Å². The summed E-state index contributed by atoms with van der Waals surface area (Å²) in [6, 6.07) is 50.3. The normalized spacial score (nSPS) is 11.7. The number of pyridine rings is 4. The van der Waals surface area contributed by atoms with Crippen LogP contribution < -0.4 is 18.9 Å². The number of allylic oxidation sites excluding steroid dienone is 2. The summed E-state index contributed by atoms with van der Waals surface area (Å²) in [7, 11) is 0. The molecule has 0 radical (unpaired) electrons. The number of benzene rings is 6. The Morgan fingerprint density at radius 3 is 1.15 bits per heavy atom. The van der Waals surface area contributed by atoms with E-state index in [1.54, 1.807) is 65.4 Å². The maximum Gasteiger partial charge on any atom is 1.00 e. The van der Waals surface area contributed by atoms with Crippen molar-refractivity contribution in [3.05, 3.63) is 236 Å². The summed E-state index contributed by atoms with van der Waals surface area (Å²) in [6.45, 7) is 14.4. The van der Waals surface area contributed by atoms with Gasteiger partial charge in [0.15, 0.2) is 0 Å². The fourth-order valence-corrected chi connectivity index (χ4v) is 17.1. The molecule has 2 unspecified atom stereocenters. The van der Waals surface area contributed by atoms with Crippen molar-refractivity contribution >= 4 is 169 Å². The first-order valence-corrected chi connectivity index (χ1v) is 37.0. The second-order valence-electron chi connectivity index (χ2n) is 23.9. The minimum Gasteiger partial charge on any atom is -0.870 e. The molecule has 0 aliphatic heterocycles. The number of aromatic nitrogens is 4. The van der Waals surface area contributed by atoms with E-state index < -0.39 is 5.97 Å². The molecule has 0 saturated carbocycles. The molecule has 14 aromatic rings. The first kappa shape index (κ1) is 78.5. The van der Waals surface area contributed by atoms with Crippen LogP contribution in [0.4, 0.5) is 0 Å². The molecule has 0 aliphatic rings. The molecule has 0 spiro atoms. The Labute approximate surface area is 642 Å². The Morgan fingerprint density at radius 2 is 0.790 bits per heavy atom. The van der Waals surface area contributed by atoms with E-state index in [1.807, 2.05) is 205 Å². The minimum atomic E-state index is -0.795. The quantitative estimate of drug-likeness (QED) is 0.0407. The largest absolute Gasteiger partial charge is 1.00 e. The van der Waals surface area contributed by atoms with Crippen LogP contribution in [-0.2, 0) is 33.4 Å². The molecule has 520 valence electrons. The summed E-state index contributed by atoms with van der Waals surface area (Å²) in [4.78, 5) is 67.8. The zero-order valence-corrected chi connectivity index (χ0v) is 63.4. The van der Waals surface area contributed by atoms with Gasteiger partial charge in [-0.3, -0.25) is 29.5 Å². The third-order valence-corrected chi connectivity index (χ3v) is 23.3. The van der Waals surface area contributed by atoms with Gasteiger partial charge in [0, 0.05) is 162 Å². The number of aliphatic carboxylic acids is 1. The average Bonchev–Trinajstić information content (AvgIpc) is 1.77. The van der Waals surface area contributed by atoms with Crippen molar-refractivity contribution < 1.29 is 62.8 Å². The number of fused-ring (bicyclic) bond motifs is 7. The summed E-state index contributed by atoms with van der Waals surface area (Å²) in [5, 5.41) is 47.4. The average molecular weight is 1520 g/mol. The van der Waals surface area contributed by atoms with Gasteiger partial charge in [0.05, 0.1) is 76.7 Å². The van der Waals surface area contributed by atoms with Gasteiger partial charge in [-0.2, -0.15) is 15.8 Å². The first-order valence-electron chi connectivity index (χ1n) is 32.9. The van der Waals surface area contributed by atoms with Gasteiger partial charge in [-0.1, -0.05) is 105 Å². The molecule has 22 heteroatoms. The molecule has 8 heterocycles. The van der Waals surface area contributed by atoms with E-state index in [4.69, 9.17) is 19.3 Å². The monoisotopic (exact) mass is 1520 g/mol. The molecule has 16 nitrogen and oxygen atoms in total. The predicted octanol–water partition coefficient (Wildman–Crippen LogP) is 18.4. The van der Waals surface area contributed by atoms with Crippen LogP contribution in [0, 0.1) is 34.0 Å². The Morgan fingerprint density at radius 1 is 0.457 bits per heavy atom. The maximum atomic E-state index is 11.9. The molecular formula is C83H67BrLiN7O9S4. The number of carbonyl (C=O) groups is 4. The maximum absolute atomic E-state index is 11.9. The molecule has 0 amide bonds. The fraction of sp³-hybridized carbons (Fsp3) is 0.169. The second-order valence-corrected chi connectivity index (χ2v) is 29.0. The molecule has 2 N–H and O–H groups in total. The van der Waals surface area contributed by atoms with Crippen LogP contribution in [0.2, 0.25) is 0 Å². The molecule has 0 saturated heterocycles. The second kappa shape index (κ2) is 36.2. The number of ether oxygens (including phenoxy) is 3. The van der Waals surface area contributed by atoms with E-state index in [1.165, 1.54) is 12.2 Å². The predicted molar refractivity (Wildman–Crippen MR) is 422 cm³/mol. The third kappa shape index (κ3) is 18.0. The van der Waals surface area contributed by atoms with Gasteiger partial charge in [0.25, 0.3) is 0 Å². The molecule has 0 aliphatic carbocycles. The van der Waals surface area contributed by atoms with Gasteiger partial charge in [0.1, 0.15) is 0 Å². The fourth-order valence-electron chi connectivity index (χ4n) is 12.0. The minimum absolute atomic E-state index is 0. The van der Waals surface area contributed by atoms with Crippen molar-refractivity contribution in [3.63, 3.8) is 0 Å². The van der Waals surface area contributed by atoms with Crippen LogP contribution in [-0.4, -0.2) is 74.2 Å². The van der Waals surface area contributed by atoms with Gasteiger partial charge in [-0.05, 0) is 137 Å². The van der Waals surface area contributed by atoms with Gasteiger partial charge in [-0.25, -0.2) is 9.59 Å². The molecule has 2 atom stereocenters. The van der Waals surface area contributed by atoms with Crippen molar-refractivity contribution in [2.75, 3.05) is 19.8 Å². The van der Waals surface area contributed by atoms with Crippen molar-refractivity contribution in [3.8, 4) is 51.6 Å². The van der Waals surface area contributed by atoms with E-state index in [2.05, 4.69) is 60.1 Å². The first-order chi connectivity index (χ1) is 49.9. The van der Waals surface area contributed by atoms with Gasteiger partial charge >= 0.3 is 42.7 Å². The van der Waals surface area contributed by atoms with Crippen LogP contribution in [0.15, 0.2) is 200 Å². The van der Waals surface area contributed by atoms with Crippen LogP contribution in [0.1, 0.15) is 109 Å². The standard InChI is InChI=1S/C24H20N2O2S.C24H18N2O2S.C22H16N2O2S.C13H12BrNO2S.Li.H2O/c2*1-3-28-23(27)10-15(2)22-11-17-13-26-14-21(24(17)29-22)20-9-8-16(12-25)18-6-4-5-7-19(18)20;1-13(8-21(25)26)20-9-15-11-24-12-19(22(15)27-20)18-7-6-14(10-23)16-4-2-3-5-17(16)18;1-3-17-12(16)4-8(2)11-5-9-6-15-7-10(14)13(9)18-11;;/h4-9,11,13-15H,3,10H2,1-2H3;4-11,13-14H,3H2,1-2H3;2-7,9,11-13H,8H2,1H3,(H,25,26);4-7H,3H2,1-2H3;;1H2/q;;;;+1;/p-1/b;15-10+;;8-4+;;. The summed E-state index contributed by atoms with van der Waals surface area (Å²) >= 11 is 10.0. The van der Waals surface area contributed by atoms with Crippen molar-refractivity contribution in [2.24, 2.45) is 0 Å². The number of nitriles is 3. The number of thiophene rings is 4. The smallest absolute Gasteiger partial charge is 0.870 e. The van der Waals surface area contributed by atoms with Gasteiger partial charge < -0.3 is 24.8 Å². The topological polar surface area (TPSA) is 269 Å². The number of hydrogen-bond donors (Lipinski definition) is 1. The number of carbonyl (C=O) groups excluding carboxylic acids is 3. The number of nitrogens with zero attached hydrogens (tertiary/aromatic N) is 7. The van der Waals surface area contributed by atoms with Crippen LogP contribution in [0.3, 0.4) is 0 Å². The Balaban J connectivity index is 0.000000163. The van der Waals surface area contributed by atoms with Crippen molar-refractivity contribution in [1.29, 1.82) is 15.8 Å². The van der Waals surface area contributed by atoms with E-state index in [9.17, 15) is 35.0 Å². The number of rotatable bonds is 16. The number of carboxylic acid groups (broad SMARTS) is 1. The number of carboxylic acids is 1. The number of halogens is 1. The number of esters is 3. The molecule has 0 bridgehead atoms. The van der Waals surface area contributed by atoms with E-state index >= 15 is 0 Å². The summed E-state index contributed by atoms with van der Waals surface area (Å²) in [6.07, 6.45) is 18.2. The molecular weight excluding hydrogens is 1450 g/mol. The SMILES string of the molecule is CC(CC(=O)O)c1cc2cncc(-c3ccc(C#N)c4ccccc34)c2s1.CCOC(=O)/C=C(\C)c1cc2cncc(-c3ccc(C#N)c4ccccc34)c2s1.CCOC(=O)/C=C(\C)c1cc2cncc(Br)c2s1.CCOC(=O)CC(C)c1cc2cncc(-c3ccc(C#N)c4ccccc34)c2s1.[Li+].[OH-]. The van der Waals surface area contributed by atoms with E-state index in [0.29, 0.717) is 42.9 Å². The Bertz CT molecular complexity index is 5800. The summed E-state index contributed by atoms with van der Waals surface area (Å²) in [5.41, 5.74) is 9.93. The summed E-state index contributed by atoms with van der Waals surface area (Å²) in [5.74, 6) is -1.57. The molecule has 105 heavy (non-hydrogen) atoms. The number of hydrogen-bond acceptors (Lipinski definition) is 19. The Hall–Kier alpha value is -10.6. The van der Waals surface area contributed by atoms with Crippen molar-refractivity contribution in [1.82, 2.24) is 19.9 Å². The molecule has 14 rings (SSSR count). The van der Waals surface area contributed by atoms with Gasteiger partial charge in [0.2, 0.25) is 0 Å². The van der Waals surface area contributed by atoms with Crippen molar-refractivity contribution in [2.45, 2.75) is 73.1 Å². The molecule has 0 fully saturated rings. The van der Waals surface area contributed by atoms with Crippen LogP contribution in [0.25, 0.3) is 117 Å². The van der Waals surface area contributed by atoms with E-state index in [-0.39, 0.29) is 60.5 Å². The third-order valence-electron chi connectivity index (χ3n) is 16.9. The molecule has 6 aromatic carbocycles.